The first-order valence-corrected chi connectivity index (χ1v) is 12.2. The summed E-state index contributed by atoms with van der Waals surface area (Å²) in [6.07, 6.45) is 0.989. The highest BCUT2D eigenvalue weighted by Crippen LogP contribution is 2.39. The van der Waals surface area contributed by atoms with Crippen LogP contribution in [0.15, 0.2) is 83.0 Å². The van der Waals surface area contributed by atoms with Crippen molar-refractivity contribution in [3.05, 3.63) is 107 Å². The molecule has 1 aromatic heterocycles. The maximum absolute atomic E-state index is 5.89. The van der Waals surface area contributed by atoms with Gasteiger partial charge in [-0.05, 0) is 73.8 Å². The molecule has 1 N–H and O–H groups in total. The van der Waals surface area contributed by atoms with Crippen LogP contribution in [0.1, 0.15) is 48.0 Å². The maximum Gasteiger partial charge on any atom is 0.258 e. The smallest absolute Gasteiger partial charge is 0.258 e. The Morgan fingerprint density at radius 3 is 2.37 bits per heavy atom. The Balaban J connectivity index is 1.65. The van der Waals surface area contributed by atoms with Gasteiger partial charge in [-0.2, -0.15) is 4.98 Å². The predicted octanol–water partition coefficient (Wildman–Crippen LogP) is 6.78. The first-order valence-electron chi connectivity index (χ1n) is 11.8. The summed E-state index contributed by atoms with van der Waals surface area (Å²) < 4.78 is 5.86. The van der Waals surface area contributed by atoms with Gasteiger partial charge in [0.1, 0.15) is 0 Å². The molecule has 1 aliphatic heterocycles. The minimum absolute atomic E-state index is 0.208. The van der Waals surface area contributed by atoms with E-state index >= 15 is 0 Å². The lowest BCUT2D eigenvalue weighted by Gasteiger charge is -2.37. The zero-order chi connectivity index (χ0) is 24.5. The van der Waals surface area contributed by atoms with Crippen molar-refractivity contribution in [1.82, 2.24) is 15.5 Å². The molecule has 0 aliphatic carbocycles. The first kappa shape index (κ1) is 23.0. The van der Waals surface area contributed by atoms with Gasteiger partial charge >= 0.3 is 0 Å². The summed E-state index contributed by atoms with van der Waals surface area (Å²) in [5.74, 6) is 1.04. The Kier molecular flexibility index (Phi) is 6.22. The highest BCUT2D eigenvalue weighted by Gasteiger charge is 2.34. The van der Waals surface area contributed by atoms with E-state index in [1.807, 2.05) is 30.3 Å². The average molecular weight is 481 g/mol. The number of allylic oxidation sites excluding steroid dienone is 1. The molecular weight excluding hydrogens is 452 g/mol. The van der Waals surface area contributed by atoms with Crippen LogP contribution in [0, 0.1) is 13.8 Å². The molecule has 4 aromatic rings. The van der Waals surface area contributed by atoms with Crippen LogP contribution in [0.2, 0.25) is 0 Å². The van der Waals surface area contributed by atoms with Crippen molar-refractivity contribution in [2.45, 2.75) is 40.2 Å². The second-order valence-electron chi connectivity index (χ2n) is 8.87. The lowest BCUT2D eigenvalue weighted by Crippen LogP contribution is -2.46. The number of nitrogens with one attached hydrogen (secondary N) is 1. The molecule has 5 nitrogen and oxygen atoms in total. The van der Waals surface area contributed by atoms with Gasteiger partial charge in [-0.1, -0.05) is 72.7 Å². The number of aromatic nitrogens is 2. The van der Waals surface area contributed by atoms with E-state index in [9.17, 15) is 0 Å². The van der Waals surface area contributed by atoms with E-state index in [1.54, 1.807) is 0 Å². The van der Waals surface area contributed by atoms with Gasteiger partial charge in [0.05, 0.1) is 11.6 Å². The van der Waals surface area contributed by atoms with Crippen molar-refractivity contribution >= 4 is 28.6 Å². The molecule has 0 spiro atoms. The number of nitrogens with zero attached hydrogens (tertiary/aromatic N) is 3. The van der Waals surface area contributed by atoms with E-state index in [4.69, 9.17) is 21.7 Å². The third-order valence-corrected chi connectivity index (χ3v) is 6.94. The van der Waals surface area contributed by atoms with Crippen molar-refractivity contribution in [2.75, 3.05) is 4.90 Å². The van der Waals surface area contributed by atoms with Crippen LogP contribution in [0.3, 0.4) is 0 Å². The van der Waals surface area contributed by atoms with Crippen molar-refractivity contribution < 1.29 is 4.52 Å². The summed E-state index contributed by atoms with van der Waals surface area (Å²) in [6.45, 7) is 8.45. The predicted molar refractivity (Wildman–Crippen MR) is 145 cm³/mol. The minimum Gasteiger partial charge on any atom is -0.351 e. The SMILES string of the molecule is CCc1ccc(C2NC(=S)N(c3ccc(C)c(C)c3)C(C)=C2c2nc(-c3ccccc3)no2)cc1. The largest absolute Gasteiger partial charge is 0.351 e. The molecule has 0 radical (unpaired) electrons. The molecule has 3 aromatic carbocycles. The van der Waals surface area contributed by atoms with E-state index in [0.29, 0.717) is 16.8 Å². The molecular formula is C29H28N4OS. The van der Waals surface area contributed by atoms with Gasteiger partial charge in [-0.3, -0.25) is 4.90 Å². The van der Waals surface area contributed by atoms with Crippen molar-refractivity contribution in [3.8, 4) is 11.4 Å². The van der Waals surface area contributed by atoms with Crippen LogP contribution in [0.4, 0.5) is 5.69 Å². The minimum atomic E-state index is -0.208. The Bertz CT molecular complexity index is 1410. The highest BCUT2D eigenvalue weighted by atomic mass is 32.1. The Morgan fingerprint density at radius 1 is 0.943 bits per heavy atom. The van der Waals surface area contributed by atoms with Crippen LogP contribution in [0.5, 0.6) is 0 Å². The Morgan fingerprint density at radius 2 is 1.69 bits per heavy atom. The van der Waals surface area contributed by atoms with E-state index in [2.05, 4.69) is 85.5 Å². The average Bonchev–Trinajstić information content (AvgIpc) is 3.36. The zero-order valence-corrected chi connectivity index (χ0v) is 21.2. The summed E-state index contributed by atoms with van der Waals surface area (Å²) >= 11 is 5.89. The molecule has 35 heavy (non-hydrogen) atoms. The van der Waals surface area contributed by atoms with Crippen LogP contribution in [-0.4, -0.2) is 15.3 Å². The number of hydrogen-bond donors (Lipinski definition) is 1. The molecule has 0 bridgehead atoms. The van der Waals surface area contributed by atoms with E-state index in [1.165, 1.54) is 16.7 Å². The Labute approximate surface area is 211 Å². The lowest BCUT2D eigenvalue weighted by molar-refractivity contribution is 0.404. The third kappa shape index (κ3) is 4.37. The fourth-order valence-corrected chi connectivity index (χ4v) is 4.79. The normalized spacial score (nSPS) is 15.9. The van der Waals surface area contributed by atoms with Crippen LogP contribution in [0.25, 0.3) is 17.0 Å². The zero-order valence-electron chi connectivity index (χ0n) is 20.4. The topological polar surface area (TPSA) is 54.2 Å². The van der Waals surface area contributed by atoms with E-state index < -0.39 is 0 Å². The van der Waals surface area contributed by atoms with Crippen LogP contribution >= 0.6 is 12.2 Å². The second kappa shape index (κ2) is 9.47. The summed E-state index contributed by atoms with van der Waals surface area (Å²) in [6, 6.07) is 24.6. The number of thiocarbonyl (C=S) groups is 1. The fourth-order valence-electron chi connectivity index (χ4n) is 4.43. The molecule has 6 heteroatoms. The van der Waals surface area contributed by atoms with E-state index in [-0.39, 0.29) is 6.04 Å². The molecule has 2 heterocycles. The number of benzene rings is 3. The summed E-state index contributed by atoms with van der Waals surface area (Å²) in [5, 5.41) is 8.49. The summed E-state index contributed by atoms with van der Waals surface area (Å²) in [5.41, 5.74) is 8.62. The molecule has 1 aliphatic rings. The van der Waals surface area contributed by atoms with Gasteiger partial charge in [0.15, 0.2) is 5.11 Å². The number of aryl methyl sites for hydroxylation is 3. The third-order valence-electron chi connectivity index (χ3n) is 6.64. The molecule has 176 valence electrons. The fraction of sp³-hybridized carbons (Fsp3) is 0.207. The Hall–Kier alpha value is -3.77. The molecule has 0 amide bonds. The lowest BCUT2D eigenvalue weighted by atomic mass is 9.93. The monoisotopic (exact) mass is 480 g/mol. The molecule has 0 fully saturated rings. The molecule has 0 saturated carbocycles. The van der Waals surface area contributed by atoms with Crippen LogP contribution < -0.4 is 10.2 Å². The number of hydrogen-bond acceptors (Lipinski definition) is 4. The molecule has 1 unspecified atom stereocenters. The number of anilines is 1. The van der Waals surface area contributed by atoms with Gasteiger partial charge in [0.25, 0.3) is 5.89 Å². The van der Waals surface area contributed by atoms with Crippen molar-refractivity contribution in [1.29, 1.82) is 0 Å². The van der Waals surface area contributed by atoms with Crippen LogP contribution in [-0.2, 0) is 6.42 Å². The van der Waals surface area contributed by atoms with Crippen molar-refractivity contribution in [2.24, 2.45) is 0 Å². The summed E-state index contributed by atoms with van der Waals surface area (Å²) in [7, 11) is 0. The van der Waals surface area contributed by atoms with E-state index in [0.717, 1.165) is 34.5 Å². The van der Waals surface area contributed by atoms with Gasteiger partial charge in [0.2, 0.25) is 5.82 Å². The van der Waals surface area contributed by atoms with Gasteiger partial charge in [-0.25, -0.2) is 0 Å². The molecule has 0 saturated heterocycles. The quantitative estimate of drug-likeness (QED) is 0.318. The maximum atomic E-state index is 5.89. The highest BCUT2D eigenvalue weighted by molar-refractivity contribution is 7.80. The standard InChI is InChI=1S/C29H28N4OS/c1-5-21-12-14-22(15-13-21)26-25(28-31-27(32-34-28)23-9-7-6-8-10-23)20(4)33(29(35)30-26)24-16-11-18(2)19(3)17-24/h6-17,26H,5H2,1-4H3,(H,30,35). The first-order chi connectivity index (χ1) is 17.0. The molecule has 5 rings (SSSR count). The van der Waals surface area contributed by atoms with Crippen molar-refractivity contribution in [3.63, 3.8) is 0 Å². The second-order valence-corrected chi connectivity index (χ2v) is 9.26. The van der Waals surface area contributed by atoms with Gasteiger partial charge in [-0.15, -0.1) is 0 Å². The van der Waals surface area contributed by atoms with Gasteiger partial charge < -0.3 is 9.84 Å². The molecule has 1 atom stereocenters. The summed E-state index contributed by atoms with van der Waals surface area (Å²) in [4.78, 5) is 6.86. The number of rotatable bonds is 5. The van der Waals surface area contributed by atoms with Gasteiger partial charge in [0, 0.05) is 16.9 Å².